The molecular weight excluding hydrogens is 347 g/mol. The Balaban J connectivity index is 1.61. The van der Waals surface area contributed by atoms with Gasteiger partial charge in [0.05, 0.1) is 6.20 Å². The molecule has 3 heterocycles. The lowest BCUT2D eigenvalue weighted by atomic mass is 10.1. The smallest absolute Gasteiger partial charge is 0.234 e. The lowest BCUT2D eigenvalue weighted by molar-refractivity contribution is -0.661. The average molecular weight is 365 g/mol. The number of benzene rings is 1. The number of nitrogens with zero attached hydrogens (tertiary/aromatic N) is 4. The van der Waals surface area contributed by atoms with Crippen LogP contribution in [0.5, 0.6) is 0 Å². The van der Waals surface area contributed by atoms with E-state index < -0.39 is 0 Å². The highest BCUT2D eigenvalue weighted by molar-refractivity contribution is 6.00. The molecule has 2 aromatic rings. The van der Waals surface area contributed by atoms with E-state index in [0.717, 1.165) is 51.3 Å². The summed E-state index contributed by atoms with van der Waals surface area (Å²) in [4.78, 5) is 14.6. The number of aliphatic imine (C=N–C) groups is 1. The summed E-state index contributed by atoms with van der Waals surface area (Å²) in [6, 6.07) is 8.55. The van der Waals surface area contributed by atoms with Crippen molar-refractivity contribution in [3.8, 4) is 0 Å². The molecule has 8 heteroatoms. The quantitative estimate of drug-likeness (QED) is 0.765. The van der Waals surface area contributed by atoms with E-state index in [9.17, 15) is 9.60 Å². The van der Waals surface area contributed by atoms with Crippen LogP contribution in [-0.4, -0.2) is 38.7 Å². The zero-order valence-electron chi connectivity index (χ0n) is 14.4. The molecule has 0 spiro atoms. The van der Waals surface area contributed by atoms with Crippen molar-refractivity contribution < 1.29 is 14.5 Å². The molecule has 1 aromatic heterocycles. The summed E-state index contributed by atoms with van der Waals surface area (Å²) in [6.45, 7) is 0.290. The number of amidine groups is 1. The van der Waals surface area contributed by atoms with E-state index in [2.05, 4.69) is 15.3 Å². The van der Waals surface area contributed by atoms with Crippen LogP contribution in [0.2, 0.25) is 0 Å². The van der Waals surface area contributed by atoms with Gasteiger partial charge in [-0.1, -0.05) is 0 Å². The molecule has 3 N–H and O–H groups in total. The maximum Gasteiger partial charge on any atom is 0.234 e. The highest BCUT2D eigenvalue weighted by atomic mass is 19.1. The van der Waals surface area contributed by atoms with E-state index in [1.54, 1.807) is 24.5 Å². The topological polar surface area (TPSA) is 78.1 Å². The molecule has 1 fully saturated rings. The Hall–Kier alpha value is -3.10. The van der Waals surface area contributed by atoms with Crippen molar-refractivity contribution in [1.29, 1.82) is 0 Å². The second kappa shape index (κ2) is 6.26. The van der Waals surface area contributed by atoms with Gasteiger partial charge in [0.2, 0.25) is 11.8 Å². The number of fused-ring (bicyclic) bond motifs is 1. The standard InChI is InChI=1S/C19H17FN6O/c20-13-3-1-12(2-4-13)17-18(26-10-9-25(27)11-16(26)24-17)15-7-8-21-19(23-15)22-14-5-6-14/h1-4,7-10,14,27H,5-6,11H2,(H,21,22,23)/p+1. The van der Waals surface area contributed by atoms with Crippen LogP contribution in [0.3, 0.4) is 0 Å². The van der Waals surface area contributed by atoms with Crippen LogP contribution in [0.15, 0.2) is 53.9 Å². The van der Waals surface area contributed by atoms with Crippen LogP contribution in [0.25, 0.3) is 11.4 Å². The zero-order valence-corrected chi connectivity index (χ0v) is 14.4. The first-order valence-electron chi connectivity index (χ1n) is 8.86. The first-order chi connectivity index (χ1) is 13.2. The average Bonchev–Trinajstić information content (AvgIpc) is 3.40. The Morgan fingerprint density at radius 3 is 2.78 bits per heavy atom. The number of hydrogen-bond donors (Lipinski definition) is 3. The summed E-state index contributed by atoms with van der Waals surface area (Å²) in [5, 5.41) is 14.2. The lowest BCUT2D eigenvalue weighted by Crippen LogP contribution is -3.08. The number of halogens is 1. The summed E-state index contributed by atoms with van der Waals surface area (Å²) in [7, 11) is 0. The summed E-state index contributed by atoms with van der Waals surface area (Å²) < 4.78 is 13.4. The van der Waals surface area contributed by atoms with Gasteiger partial charge in [-0.15, -0.1) is 0 Å². The third-order valence-electron chi connectivity index (χ3n) is 4.73. The molecule has 0 bridgehead atoms. The zero-order chi connectivity index (χ0) is 18.4. The van der Waals surface area contributed by atoms with Crippen LogP contribution < -0.4 is 10.2 Å². The number of hydroxylamine groups is 2. The number of anilines is 1. The summed E-state index contributed by atoms with van der Waals surface area (Å²) in [5.41, 5.74) is 3.13. The number of nitrogens with one attached hydrogen (secondary N) is 2. The summed E-state index contributed by atoms with van der Waals surface area (Å²) in [6.07, 6.45) is 7.43. The maximum atomic E-state index is 13.4. The van der Waals surface area contributed by atoms with E-state index in [0.29, 0.717) is 12.0 Å². The molecule has 2 aliphatic heterocycles. The molecule has 0 radical (unpaired) electrons. The van der Waals surface area contributed by atoms with E-state index in [1.807, 2.05) is 12.3 Å². The predicted molar refractivity (Wildman–Crippen MR) is 97.9 cm³/mol. The van der Waals surface area contributed by atoms with Crippen molar-refractivity contribution in [2.75, 3.05) is 11.9 Å². The molecule has 1 aromatic carbocycles. The largest absolute Gasteiger partial charge is 0.351 e. The molecule has 1 unspecified atom stereocenters. The minimum absolute atomic E-state index is 0.290. The van der Waals surface area contributed by atoms with Gasteiger partial charge in [-0.05, 0) is 43.2 Å². The highest BCUT2D eigenvalue weighted by Gasteiger charge is 2.37. The lowest BCUT2D eigenvalue weighted by Gasteiger charge is -2.21. The molecule has 1 saturated carbocycles. The first kappa shape index (κ1) is 16.1. The highest BCUT2D eigenvalue weighted by Crippen LogP contribution is 2.28. The SMILES string of the molecule is ON1C=C[NH+]2C(=NC(c3ccc(F)cc3)=C2c2ccnc(NC3CC3)n2)C1. The predicted octanol–water partition coefficient (Wildman–Crippen LogP) is 1.49. The normalized spacial score (nSPS) is 21.3. The van der Waals surface area contributed by atoms with Gasteiger partial charge < -0.3 is 5.32 Å². The van der Waals surface area contributed by atoms with Gasteiger partial charge in [0.1, 0.15) is 30.0 Å². The van der Waals surface area contributed by atoms with Crippen LogP contribution in [0, 0.1) is 5.82 Å². The fraction of sp³-hybridized carbons (Fsp3) is 0.211. The summed E-state index contributed by atoms with van der Waals surface area (Å²) in [5.74, 6) is 1.05. The molecule has 3 aliphatic rings. The van der Waals surface area contributed by atoms with Gasteiger partial charge in [0.15, 0.2) is 5.70 Å². The van der Waals surface area contributed by atoms with Crippen molar-refractivity contribution in [2.24, 2.45) is 4.99 Å². The Kier molecular flexibility index (Phi) is 3.73. The van der Waals surface area contributed by atoms with Crippen LogP contribution in [-0.2, 0) is 0 Å². The minimum atomic E-state index is -0.295. The number of aromatic nitrogens is 2. The minimum Gasteiger partial charge on any atom is -0.351 e. The van der Waals surface area contributed by atoms with Gasteiger partial charge in [-0.25, -0.2) is 24.3 Å². The Morgan fingerprint density at radius 1 is 1.19 bits per heavy atom. The fourth-order valence-corrected chi connectivity index (χ4v) is 3.24. The number of quaternary nitrogens is 1. The van der Waals surface area contributed by atoms with Crippen molar-refractivity contribution in [3.63, 3.8) is 0 Å². The van der Waals surface area contributed by atoms with Gasteiger partial charge in [0.25, 0.3) is 0 Å². The van der Waals surface area contributed by atoms with Crippen molar-refractivity contribution in [1.82, 2.24) is 15.0 Å². The van der Waals surface area contributed by atoms with E-state index >= 15 is 0 Å². The number of hydrogen-bond acceptors (Lipinski definition) is 6. The second-order valence-electron chi connectivity index (χ2n) is 6.80. The molecule has 7 nitrogen and oxygen atoms in total. The molecule has 0 amide bonds. The Morgan fingerprint density at radius 2 is 2.00 bits per heavy atom. The van der Waals surface area contributed by atoms with Crippen molar-refractivity contribution in [3.05, 3.63) is 66.0 Å². The Bertz CT molecular complexity index is 980. The molecule has 136 valence electrons. The van der Waals surface area contributed by atoms with E-state index in [-0.39, 0.29) is 12.4 Å². The number of rotatable bonds is 4. The van der Waals surface area contributed by atoms with Crippen LogP contribution >= 0.6 is 0 Å². The van der Waals surface area contributed by atoms with Gasteiger partial charge in [0, 0.05) is 17.8 Å². The maximum absolute atomic E-state index is 13.4. The van der Waals surface area contributed by atoms with E-state index in [4.69, 9.17) is 4.99 Å². The first-order valence-corrected chi connectivity index (χ1v) is 8.86. The molecule has 27 heavy (non-hydrogen) atoms. The third-order valence-corrected chi connectivity index (χ3v) is 4.73. The van der Waals surface area contributed by atoms with Gasteiger partial charge in [-0.2, -0.15) is 4.99 Å². The molecule has 5 rings (SSSR count). The molecule has 0 saturated heterocycles. The Labute approximate surface area is 155 Å². The molecule has 1 atom stereocenters. The fourth-order valence-electron chi connectivity index (χ4n) is 3.24. The molecule has 1 aliphatic carbocycles. The van der Waals surface area contributed by atoms with Crippen LogP contribution in [0.4, 0.5) is 10.3 Å². The van der Waals surface area contributed by atoms with E-state index in [1.165, 1.54) is 12.1 Å². The third kappa shape index (κ3) is 3.09. The van der Waals surface area contributed by atoms with Crippen molar-refractivity contribution in [2.45, 2.75) is 18.9 Å². The van der Waals surface area contributed by atoms with Gasteiger partial charge in [-0.3, -0.25) is 5.21 Å². The van der Waals surface area contributed by atoms with Crippen molar-refractivity contribution >= 4 is 23.2 Å². The van der Waals surface area contributed by atoms with Gasteiger partial charge >= 0.3 is 0 Å². The second-order valence-corrected chi connectivity index (χ2v) is 6.80. The monoisotopic (exact) mass is 365 g/mol. The van der Waals surface area contributed by atoms with Crippen LogP contribution in [0.1, 0.15) is 24.1 Å². The summed E-state index contributed by atoms with van der Waals surface area (Å²) >= 11 is 0. The molecular formula is C19H18FN6O+.